The van der Waals surface area contributed by atoms with Crippen LogP contribution in [-0.2, 0) is 5.41 Å². The van der Waals surface area contributed by atoms with Crippen molar-refractivity contribution in [1.82, 2.24) is 0 Å². The number of aryl methyl sites for hydroxylation is 1. The highest BCUT2D eigenvalue weighted by Crippen LogP contribution is 2.40. The van der Waals surface area contributed by atoms with Crippen LogP contribution >= 0.6 is 0 Å². The molecule has 0 aliphatic carbocycles. The highest BCUT2D eigenvalue weighted by molar-refractivity contribution is 5.98. The fraction of sp³-hybridized carbons (Fsp3) is 0.0625. The third kappa shape index (κ3) is 3.90. The molecule has 0 aliphatic rings. The van der Waals surface area contributed by atoms with Crippen molar-refractivity contribution in [3.8, 4) is 12.1 Å². The van der Waals surface area contributed by atoms with Gasteiger partial charge in [-0.25, -0.2) is 0 Å². The van der Waals surface area contributed by atoms with Crippen LogP contribution in [0.15, 0.2) is 121 Å². The van der Waals surface area contributed by atoms with Gasteiger partial charge in [-0.1, -0.05) is 96.6 Å². The Hall–Kier alpha value is -4.86. The molecule has 0 saturated heterocycles. The van der Waals surface area contributed by atoms with Crippen LogP contribution in [0, 0.1) is 29.6 Å². The van der Waals surface area contributed by atoms with Crippen molar-refractivity contribution in [2.75, 3.05) is 4.90 Å². The topological polar surface area (TPSA) is 50.8 Å². The first-order valence-electron chi connectivity index (χ1n) is 11.5. The minimum absolute atomic E-state index is 0.654. The van der Waals surface area contributed by atoms with Gasteiger partial charge in [-0.15, -0.1) is 0 Å². The van der Waals surface area contributed by atoms with E-state index >= 15 is 0 Å². The number of benzene rings is 5. The number of nitrogens with zero attached hydrogens (tertiary/aromatic N) is 3. The van der Waals surface area contributed by atoms with E-state index in [2.05, 4.69) is 59.5 Å². The van der Waals surface area contributed by atoms with Crippen molar-refractivity contribution in [2.45, 2.75) is 12.3 Å². The second kappa shape index (κ2) is 9.18. The first kappa shape index (κ1) is 22.0. The van der Waals surface area contributed by atoms with Gasteiger partial charge in [-0.05, 0) is 53.8 Å². The van der Waals surface area contributed by atoms with Crippen molar-refractivity contribution in [3.63, 3.8) is 0 Å². The van der Waals surface area contributed by atoms with E-state index in [1.165, 1.54) is 0 Å². The van der Waals surface area contributed by atoms with Crippen molar-refractivity contribution in [3.05, 3.63) is 138 Å². The smallest absolute Gasteiger partial charge is 0.193 e. The molecule has 0 spiro atoms. The zero-order valence-electron chi connectivity index (χ0n) is 19.4. The van der Waals surface area contributed by atoms with E-state index in [9.17, 15) is 10.5 Å². The van der Waals surface area contributed by atoms with Gasteiger partial charge in [0, 0.05) is 16.8 Å². The molecule has 5 rings (SSSR count). The number of fused-ring (bicyclic) bond motifs is 1. The summed E-state index contributed by atoms with van der Waals surface area (Å²) in [6.45, 7) is 1.99. The van der Waals surface area contributed by atoms with Crippen molar-refractivity contribution in [2.24, 2.45) is 0 Å². The van der Waals surface area contributed by atoms with Crippen LogP contribution in [0.2, 0.25) is 0 Å². The monoisotopic (exact) mass is 449 g/mol. The Bertz CT molecular complexity index is 1540. The second-order valence-corrected chi connectivity index (χ2v) is 8.56. The van der Waals surface area contributed by atoms with Crippen LogP contribution in [0.5, 0.6) is 0 Å². The molecule has 35 heavy (non-hydrogen) atoms. The third-order valence-corrected chi connectivity index (χ3v) is 6.40. The first-order chi connectivity index (χ1) is 17.2. The van der Waals surface area contributed by atoms with Crippen LogP contribution < -0.4 is 4.90 Å². The number of anilines is 3. The SMILES string of the molecule is Cc1ccc(C(C#N)(C#N)c2ccc(N(c3ccccc3)c3cccc4ccccc34)cc2)cc1. The Morgan fingerprint density at radius 3 is 1.77 bits per heavy atom. The van der Waals surface area contributed by atoms with Crippen molar-refractivity contribution >= 4 is 27.8 Å². The predicted octanol–water partition coefficient (Wildman–Crippen LogP) is 7.95. The molecule has 0 heterocycles. The van der Waals surface area contributed by atoms with Crippen LogP contribution in [0.3, 0.4) is 0 Å². The second-order valence-electron chi connectivity index (χ2n) is 8.56. The molecule has 0 radical (unpaired) electrons. The number of hydrogen-bond donors (Lipinski definition) is 0. The zero-order chi connectivity index (χ0) is 24.3. The molecule has 0 N–H and O–H groups in total. The minimum atomic E-state index is -1.37. The van der Waals surface area contributed by atoms with Crippen LogP contribution in [0.4, 0.5) is 17.1 Å². The largest absolute Gasteiger partial charge is 0.310 e. The van der Waals surface area contributed by atoms with Gasteiger partial charge < -0.3 is 4.90 Å². The summed E-state index contributed by atoms with van der Waals surface area (Å²) in [7, 11) is 0. The Labute approximate surface area is 205 Å². The van der Waals surface area contributed by atoms with Crippen LogP contribution in [0.1, 0.15) is 16.7 Å². The minimum Gasteiger partial charge on any atom is -0.310 e. The average molecular weight is 450 g/mol. The lowest BCUT2D eigenvalue weighted by Crippen LogP contribution is -2.23. The maximum Gasteiger partial charge on any atom is 0.193 e. The molecule has 0 aromatic heterocycles. The summed E-state index contributed by atoms with van der Waals surface area (Å²) in [5.74, 6) is 0. The Morgan fingerprint density at radius 1 is 0.571 bits per heavy atom. The molecule has 5 aromatic carbocycles. The summed E-state index contributed by atoms with van der Waals surface area (Å²) >= 11 is 0. The average Bonchev–Trinajstić information content (AvgIpc) is 2.92. The maximum absolute atomic E-state index is 10.1. The lowest BCUT2D eigenvalue weighted by atomic mass is 9.77. The van der Waals surface area contributed by atoms with E-state index in [0.29, 0.717) is 11.1 Å². The van der Waals surface area contributed by atoms with E-state index in [-0.39, 0.29) is 0 Å². The van der Waals surface area contributed by atoms with Gasteiger partial charge in [-0.2, -0.15) is 10.5 Å². The lowest BCUT2D eigenvalue weighted by Gasteiger charge is -2.28. The van der Waals surface area contributed by atoms with Crippen LogP contribution in [0.25, 0.3) is 10.8 Å². The Morgan fingerprint density at radius 2 is 1.11 bits per heavy atom. The van der Waals surface area contributed by atoms with E-state index in [1.807, 2.05) is 85.8 Å². The van der Waals surface area contributed by atoms with Gasteiger partial charge in [0.25, 0.3) is 0 Å². The van der Waals surface area contributed by atoms with Gasteiger partial charge in [0.05, 0.1) is 17.8 Å². The molecule has 166 valence electrons. The summed E-state index contributed by atoms with van der Waals surface area (Å²) in [6.07, 6.45) is 0. The number of para-hydroxylation sites is 1. The van der Waals surface area contributed by atoms with Crippen molar-refractivity contribution < 1.29 is 0 Å². The fourth-order valence-electron chi connectivity index (χ4n) is 4.52. The van der Waals surface area contributed by atoms with Crippen LogP contribution in [-0.4, -0.2) is 0 Å². The van der Waals surface area contributed by atoms with Gasteiger partial charge in [0.1, 0.15) is 0 Å². The molecule has 0 amide bonds. The fourth-order valence-corrected chi connectivity index (χ4v) is 4.52. The summed E-state index contributed by atoms with van der Waals surface area (Å²) in [4.78, 5) is 2.21. The Kier molecular flexibility index (Phi) is 5.76. The standard InChI is InChI=1S/C32H23N3/c1-24-14-16-26(17-15-24)32(22-33,23-34)27-18-20-29(21-19-27)35(28-10-3-2-4-11-28)31-13-7-9-25-8-5-6-12-30(25)31/h2-21H,1H3. The zero-order valence-corrected chi connectivity index (χ0v) is 19.4. The summed E-state index contributed by atoms with van der Waals surface area (Å²) in [6, 6.07) is 44.7. The molecular formula is C32H23N3. The number of nitriles is 2. The van der Waals surface area contributed by atoms with E-state index in [1.54, 1.807) is 0 Å². The summed E-state index contributed by atoms with van der Waals surface area (Å²) in [5.41, 5.74) is 4.08. The molecule has 3 heteroatoms. The molecule has 0 saturated carbocycles. The van der Waals surface area contributed by atoms with E-state index in [0.717, 1.165) is 33.4 Å². The molecule has 3 nitrogen and oxygen atoms in total. The predicted molar refractivity (Wildman–Crippen MR) is 142 cm³/mol. The van der Waals surface area contributed by atoms with Gasteiger partial charge >= 0.3 is 0 Å². The quantitative estimate of drug-likeness (QED) is 0.273. The van der Waals surface area contributed by atoms with Gasteiger partial charge in [0.2, 0.25) is 0 Å². The molecule has 0 fully saturated rings. The molecule has 0 bridgehead atoms. The van der Waals surface area contributed by atoms with Gasteiger partial charge in [0.15, 0.2) is 5.41 Å². The normalized spacial score (nSPS) is 10.9. The summed E-state index contributed by atoms with van der Waals surface area (Å²) in [5, 5.41) is 22.6. The van der Waals surface area contributed by atoms with Crippen molar-refractivity contribution in [1.29, 1.82) is 10.5 Å². The first-order valence-corrected chi connectivity index (χ1v) is 11.5. The molecular weight excluding hydrogens is 426 g/mol. The van der Waals surface area contributed by atoms with E-state index < -0.39 is 5.41 Å². The highest BCUT2D eigenvalue weighted by atomic mass is 15.1. The third-order valence-electron chi connectivity index (χ3n) is 6.40. The summed E-state index contributed by atoms with van der Waals surface area (Å²) < 4.78 is 0. The van der Waals surface area contributed by atoms with E-state index in [4.69, 9.17) is 0 Å². The molecule has 0 atom stereocenters. The lowest BCUT2D eigenvalue weighted by molar-refractivity contribution is 0.847. The Balaban J connectivity index is 1.65. The van der Waals surface area contributed by atoms with Gasteiger partial charge in [-0.3, -0.25) is 0 Å². The number of hydrogen-bond acceptors (Lipinski definition) is 3. The number of rotatable bonds is 5. The maximum atomic E-state index is 10.1. The highest BCUT2D eigenvalue weighted by Gasteiger charge is 2.35. The molecule has 0 aliphatic heterocycles. The molecule has 5 aromatic rings. The molecule has 0 unspecified atom stereocenters.